The van der Waals surface area contributed by atoms with Crippen molar-refractivity contribution in [1.82, 2.24) is 30.6 Å². The van der Waals surface area contributed by atoms with Gasteiger partial charge in [-0.05, 0) is 37.5 Å². The van der Waals surface area contributed by atoms with Crippen molar-refractivity contribution < 1.29 is 14.4 Å². The lowest BCUT2D eigenvalue weighted by Crippen LogP contribution is -2.42. The predicted octanol–water partition coefficient (Wildman–Crippen LogP) is 3.16. The largest absolute Gasteiger partial charge is 0.354 e. The number of hydrazine groups is 1. The topological polar surface area (TPSA) is 122 Å². The van der Waals surface area contributed by atoms with E-state index in [0.717, 1.165) is 23.4 Å². The Morgan fingerprint density at radius 2 is 1.62 bits per heavy atom. The number of benzene rings is 2. The number of aryl methyl sites for hydroxylation is 1. The van der Waals surface area contributed by atoms with E-state index in [1.54, 1.807) is 11.6 Å². The quantitative estimate of drug-likeness (QED) is 0.409. The fraction of sp³-hybridized carbons (Fsp3) is 0.160. The van der Waals surface area contributed by atoms with Gasteiger partial charge in [-0.3, -0.25) is 25.2 Å². The maximum absolute atomic E-state index is 12.8. The lowest BCUT2D eigenvalue weighted by molar-refractivity contribution is 0.0838. The molecule has 34 heavy (non-hydrogen) atoms. The third-order valence-corrected chi connectivity index (χ3v) is 5.80. The summed E-state index contributed by atoms with van der Waals surface area (Å²) in [5.74, 6) is -0.776. The molecule has 1 aliphatic rings. The van der Waals surface area contributed by atoms with E-state index in [4.69, 9.17) is 0 Å². The summed E-state index contributed by atoms with van der Waals surface area (Å²) in [6.07, 6.45) is 1.94. The Hall–Kier alpha value is -4.53. The minimum Gasteiger partial charge on any atom is -0.354 e. The fourth-order valence-corrected chi connectivity index (χ4v) is 4.16. The molecule has 4 aromatic rings. The molecule has 0 aliphatic heterocycles. The van der Waals surface area contributed by atoms with Gasteiger partial charge in [-0.25, -0.2) is 9.67 Å². The van der Waals surface area contributed by atoms with Crippen LogP contribution in [0.5, 0.6) is 0 Å². The molecule has 0 saturated carbocycles. The van der Waals surface area contributed by atoms with E-state index in [9.17, 15) is 14.4 Å². The van der Waals surface area contributed by atoms with Gasteiger partial charge in [-0.2, -0.15) is 0 Å². The van der Waals surface area contributed by atoms with Crippen LogP contribution < -0.4 is 10.9 Å². The third-order valence-electron chi connectivity index (χ3n) is 5.80. The van der Waals surface area contributed by atoms with Crippen LogP contribution in [0.2, 0.25) is 0 Å². The molecule has 9 nitrogen and oxygen atoms in total. The first kappa shape index (κ1) is 21.3. The number of ketones is 1. The van der Waals surface area contributed by atoms with Gasteiger partial charge in [-0.1, -0.05) is 48.5 Å². The molecule has 0 atom stereocenters. The third kappa shape index (κ3) is 3.88. The van der Waals surface area contributed by atoms with Crippen LogP contribution in [-0.4, -0.2) is 37.3 Å². The van der Waals surface area contributed by atoms with Gasteiger partial charge >= 0.3 is 5.91 Å². The number of nitrogens with one attached hydrogen (secondary N) is 3. The second-order valence-electron chi connectivity index (χ2n) is 8.04. The van der Waals surface area contributed by atoms with Crippen LogP contribution in [0.4, 0.5) is 0 Å². The Labute approximate surface area is 195 Å². The van der Waals surface area contributed by atoms with Crippen LogP contribution >= 0.6 is 0 Å². The van der Waals surface area contributed by atoms with Gasteiger partial charge in [0.15, 0.2) is 11.6 Å². The van der Waals surface area contributed by atoms with Crippen molar-refractivity contribution in [2.45, 2.75) is 26.2 Å². The van der Waals surface area contributed by atoms with Crippen LogP contribution in [0.1, 0.15) is 55.6 Å². The molecule has 2 aromatic carbocycles. The number of amides is 2. The van der Waals surface area contributed by atoms with Crippen LogP contribution in [0.25, 0.3) is 17.1 Å². The highest BCUT2D eigenvalue weighted by Crippen LogP contribution is 2.26. The highest BCUT2D eigenvalue weighted by molar-refractivity contribution is 6.04. The monoisotopic (exact) mass is 454 g/mol. The Kier molecular flexibility index (Phi) is 5.51. The van der Waals surface area contributed by atoms with E-state index in [-0.39, 0.29) is 17.3 Å². The van der Waals surface area contributed by atoms with E-state index in [2.05, 4.69) is 25.9 Å². The number of carbonyl (C=O) groups excluding carboxylic acids is 3. The van der Waals surface area contributed by atoms with Crippen LogP contribution in [0, 0.1) is 6.92 Å². The Morgan fingerprint density at radius 1 is 0.941 bits per heavy atom. The summed E-state index contributed by atoms with van der Waals surface area (Å²) in [6.45, 7) is 1.73. The van der Waals surface area contributed by atoms with Crippen molar-refractivity contribution in [2.75, 3.05) is 0 Å². The van der Waals surface area contributed by atoms with E-state index < -0.39 is 11.8 Å². The molecule has 170 valence electrons. The average molecular weight is 454 g/mol. The van der Waals surface area contributed by atoms with E-state index in [0.29, 0.717) is 29.8 Å². The number of carbonyl (C=O) groups is 3. The molecular weight excluding hydrogens is 432 g/mol. The second-order valence-corrected chi connectivity index (χ2v) is 8.04. The smallest absolute Gasteiger partial charge is 0.309 e. The molecule has 2 aromatic heterocycles. The van der Waals surface area contributed by atoms with Gasteiger partial charge in [0.1, 0.15) is 5.69 Å². The summed E-state index contributed by atoms with van der Waals surface area (Å²) in [5, 5.41) is 4.38. The van der Waals surface area contributed by atoms with E-state index >= 15 is 0 Å². The number of rotatable bonds is 4. The van der Waals surface area contributed by atoms with Gasteiger partial charge in [0, 0.05) is 23.2 Å². The summed E-state index contributed by atoms with van der Waals surface area (Å²) in [7, 11) is 0. The molecule has 0 spiro atoms. The minimum atomic E-state index is -0.662. The number of fused-ring (bicyclic) bond motifs is 1. The first-order chi connectivity index (χ1) is 16.5. The second kappa shape index (κ2) is 8.78. The molecule has 5 rings (SSSR count). The number of hydrogen-bond acceptors (Lipinski definition) is 5. The summed E-state index contributed by atoms with van der Waals surface area (Å²) < 4.78 is 1.58. The van der Waals surface area contributed by atoms with Crippen molar-refractivity contribution in [2.24, 2.45) is 0 Å². The van der Waals surface area contributed by atoms with Crippen molar-refractivity contribution in [3.8, 4) is 17.1 Å². The van der Waals surface area contributed by atoms with Crippen LogP contribution in [-0.2, 0) is 6.42 Å². The normalized spacial score (nSPS) is 12.8. The van der Waals surface area contributed by atoms with Crippen molar-refractivity contribution in [3.05, 3.63) is 89.0 Å². The lowest BCUT2D eigenvalue weighted by atomic mass is 9.94. The Bertz CT molecular complexity index is 1330. The molecule has 9 heteroatoms. The summed E-state index contributed by atoms with van der Waals surface area (Å²) in [6, 6.07) is 18.8. The standard InChI is InChI=1S/C25H22N6O3/c1-15-20-18(13-8-14-19(20)32)26-21(15)24(33)28-29-25(34)22-27-23(16-9-4-2-5-10-16)31(30-22)17-11-6-3-7-12-17/h2-7,9-12,26H,8,13-14H2,1H3,(H,28,33)(H,29,34). The minimum absolute atomic E-state index is 0.0298. The van der Waals surface area contributed by atoms with Crippen molar-refractivity contribution >= 4 is 17.6 Å². The first-order valence-electron chi connectivity index (χ1n) is 11.0. The number of hydrogen-bond donors (Lipinski definition) is 3. The molecule has 1 aliphatic carbocycles. The summed E-state index contributed by atoms with van der Waals surface area (Å²) in [5.41, 5.74) is 8.51. The predicted molar refractivity (Wildman–Crippen MR) is 125 cm³/mol. The summed E-state index contributed by atoms with van der Waals surface area (Å²) in [4.78, 5) is 45.2. The molecule has 2 amide bonds. The average Bonchev–Trinajstić information content (AvgIpc) is 3.46. The molecule has 3 N–H and O–H groups in total. The highest BCUT2D eigenvalue weighted by atomic mass is 16.2. The zero-order valence-electron chi connectivity index (χ0n) is 18.5. The molecule has 0 fully saturated rings. The fourth-order valence-electron chi connectivity index (χ4n) is 4.16. The molecule has 0 unspecified atom stereocenters. The van der Waals surface area contributed by atoms with Gasteiger partial charge < -0.3 is 4.98 Å². The number of nitrogens with zero attached hydrogens (tertiary/aromatic N) is 3. The number of aromatic amines is 1. The van der Waals surface area contributed by atoms with Gasteiger partial charge in [0.05, 0.1) is 5.69 Å². The van der Waals surface area contributed by atoms with Gasteiger partial charge in [0.2, 0.25) is 5.82 Å². The number of para-hydroxylation sites is 1. The van der Waals surface area contributed by atoms with E-state index in [1.165, 1.54) is 0 Å². The zero-order chi connectivity index (χ0) is 23.7. The molecule has 0 saturated heterocycles. The van der Waals surface area contributed by atoms with Crippen LogP contribution in [0.3, 0.4) is 0 Å². The number of Topliss-reactive ketones (excluding diaryl/α,β-unsaturated/α-hetero) is 1. The van der Waals surface area contributed by atoms with Gasteiger partial charge in [0.25, 0.3) is 5.91 Å². The van der Waals surface area contributed by atoms with E-state index in [1.807, 2.05) is 60.7 Å². The molecule has 2 heterocycles. The Balaban J connectivity index is 1.38. The number of H-pyrrole nitrogens is 1. The molecule has 0 radical (unpaired) electrons. The van der Waals surface area contributed by atoms with Crippen molar-refractivity contribution in [3.63, 3.8) is 0 Å². The lowest BCUT2D eigenvalue weighted by Gasteiger charge is -2.09. The van der Waals surface area contributed by atoms with Gasteiger partial charge in [-0.15, -0.1) is 5.10 Å². The highest BCUT2D eigenvalue weighted by Gasteiger charge is 2.27. The molecular formula is C25H22N6O3. The zero-order valence-corrected chi connectivity index (χ0v) is 18.5. The first-order valence-corrected chi connectivity index (χ1v) is 11.0. The Morgan fingerprint density at radius 3 is 2.32 bits per heavy atom. The number of aromatic nitrogens is 4. The maximum Gasteiger partial charge on any atom is 0.309 e. The van der Waals surface area contributed by atoms with Crippen molar-refractivity contribution in [1.29, 1.82) is 0 Å². The SMILES string of the molecule is Cc1c(C(=O)NNC(=O)c2nc(-c3ccccc3)n(-c3ccccc3)n2)[nH]c2c1C(=O)CCC2. The van der Waals surface area contributed by atoms with Crippen LogP contribution in [0.15, 0.2) is 60.7 Å². The summed E-state index contributed by atoms with van der Waals surface area (Å²) >= 11 is 0. The maximum atomic E-state index is 12.8. The molecule has 0 bridgehead atoms.